The first kappa shape index (κ1) is 47.6. The topological polar surface area (TPSA) is 201 Å². The van der Waals surface area contributed by atoms with Crippen molar-refractivity contribution in [2.24, 2.45) is 0 Å². The number of anilines is 1. The number of hydrogen-bond donors (Lipinski definition) is 1. The van der Waals surface area contributed by atoms with Crippen molar-refractivity contribution < 1.29 is 54.0 Å². The van der Waals surface area contributed by atoms with Gasteiger partial charge in [0.25, 0.3) is 0 Å². The second-order valence-corrected chi connectivity index (χ2v) is 11.1. The number of nitriles is 2. The summed E-state index contributed by atoms with van der Waals surface area (Å²) in [6.45, 7) is 13.9. The molecule has 260 valence electrons. The quantitative estimate of drug-likeness (QED) is 0.101. The number of nitrogen functional groups attached to an aromatic ring is 1. The molecule has 0 aliphatic rings. The molecule has 0 radical (unpaired) electrons. The molecule has 51 heavy (non-hydrogen) atoms. The van der Waals surface area contributed by atoms with Gasteiger partial charge in [-0.05, 0) is 5.56 Å². The van der Waals surface area contributed by atoms with Gasteiger partial charge in [-0.2, -0.15) is 30.5 Å². The summed E-state index contributed by atoms with van der Waals surface area (Å²) in [5.74, 6) is 1.82. The molecule has 2 aromatic carbocycles. The number of aromatic nitrogens is 4. The van der Waals surface area contributed by atoms with Crippen LogP contribution >= 0.6 is 81.2 Å². The maximum atomic E-state index is 9.38. The number of rotatable bonds is 6. The first-order valence-electron chi connectivity index (χ1n) is 12.6. The SMILES string of the molecule is COc1cc(OC)nc(N)n1.[C-]#[N+]c1c(Cl)c(Cl)c(Cc2nc(OC)cc(OC)n2)c(C#N)c1Cl.[C-]#[N+]c1c(Cl)c(Cl)c(Cl)c(C#N)c1Cl.[Na+].[OH-]. The van der Waals surface area contributed by atoms with Gasteiger partial charge < -0.3 is 30.2 Å². The average molecular weight is 845 g/mol. The summed E-state index contributed by atoms with van der Waals surface area (Å²) in [6.07, 6.45) is 0.0625. The largest absolute Gasteiger partial charge is 1.00 e. The Morgan fingerprint density at radius 1 is 0.627 bits per heavy atom. The monoisotopic (exact) mass is 841 g/mol. The molecule has 0 saturated heterocycles. The van der Waals surface area contributed by atoms with Gasteiger partial charge in [0.05, 0.1) is 106 Å². The van der Waals surface area contributed by atoms with Gasteiger partial charge in [-0.15, -0.1) is 0 Å². The van der Waals surface area contributed by atoms with Crippen molar-refractivity contribution in [3.05, 3.63) is 92.6 Å². The van der Waals surface area contributed by atoms with Gasteiger partial charge in [0.2, 0.25) is 40.8 Å². The van der Waals surface area contributed by atoms with Gasteiger partial charge in [0.15, 0.2) is 0 Å². The number of methoxy groups -OCH3 is 4. The van der Waals surface area contributed by atoms with Gasteiger partial charge in [-0.3, -0.25) is 0 Å². The van der Waals surface area contributed by atoms with E-state index >= 15 is 0 Å². The van der Waals surface area contributed by atoms with Crippen molar-refractivity contribution in [3.8, 4) is 35.7 Å². The zero-order valence-electron chi connectivity index (χ0n) is 26.7. The minimum atomic E-state index is -0.0677. The van der Waals surface area contributed by atoms with E-state index in [0.717, 1.165) is 0 Å². The van der Waals surface area contributed by atoms with E-state index in [1.165, 1.54) is 34.5 Å². The Balaban J connectivity index is 0.000000790. The van der Waals surface area contributed by atoms with E-state index in [1.807, 2.05) is 6.07 Å². The molecule has 4 rings (SSSR count). The fourth-order valence-corrected chi connectivity index (χ4v) is 5.33. The van der Waals surface area contributed by atoms with E-state index in [-0.39, 0.29) is 105 Å². The van der Waals surface area contributed by atoms with Crippen LogP contribution in [0.1, 0.15) is 22.5 Å². The molecule has 0 saturated carbocycles. The first-order chi connectivity index (χ1) is 23.3. The van der Waals surface area contributed by atoms with Gasteiger partial charge >= 0.3 is 29.6 Å². The third kappa shape index (κ3) is 11.8. The molecule has 0 aliphatic heterocycles. The van der Waals surface area contributed by atoms with Gasteiger partial charge in [-0.25, -0.2) is 9.69 Å². The fourth-order valence-electron chi connectivity index (χ4n) is 3.42. The summed E-state index contributed by atoms with van der Waals surface area (Å²) in [6, 6.07) is 6.77. The number of nitrogens with two attached hydrogens (primary N) is 1. The van der Waals surface area contributed by atoms with Crippen LogP contribution < -0.4 is 54.2 Å². The maximum Gasteiger partial charge on any atom is 1.00 e. The van der Waals surface area contributed by atoms with Crippen LogP contribution in [-0.2, 0) is 6.42 Å². The number of ether oxygens (including phenoxy) is 4. The van der Waals surface area contributed by atoms with E-state index in [2.05, 4.69) is 29.6 Å². The van der Waals surface area contributed by atoms with Crippen LogP contribution in [0.2, 0.25) is 35.2 Å². The van der Waals surface area contributed by atoms with Crippen LogP contribution in [0.15, 0.2) is 12.1 Å². The number of nitrogens with zero attached hydrogens (tertiary/aromatic N) is 8. The van der Waals surface area contributed by atoms with Crippen molar-refractivity contribution in [1.29, 1.82) is 10.5 Å². The van der Waals surface area contributed by atoms with Gasteiger partial charge in [0, 0.05) is 6.42 Å². The number of hydrogen-bond acceptors (Lipinski definition) is 12. The number of benzene rings is 2. The fraction of sp³-hybridized carbons (Fsp3) is 0.172. The average Bonchev–Trinajstić information content (AvgIpc) is 3.10. The van der Waals surface area contributed by atoms with E-state index < -0.39 is 0 Å². The van der Waals surface area contributed by atoms with Crippen molar-refractivity contribution in [2.45, 2.75) is 6.42 Å². The predicted molar refractivity (Wildman–Crippen MR) is 189 cm³/mol. The zero-order valence-corrected chi connectivity index (χ0v) is 34.0. The molecular formula is C29H19Cl7N9NaO5. The van der Waals surface area contributed by atoms with Crippen LogP contribution in [0, 0.1) is 35.8 Å². The molecule has 22 heteroatoms. The van der Waals surface area contributed by atoms with E-state index in [1.54, 1.807) is 12.1 Å². The van der Waals surface area contributed by atoms with E-state index in [9.17, 15) is 5.26 Å². The molecule has 0 unspecified atom stereocenters. The Labute approximate surface area is 349 Å². The van der Waals surface area contributed by atoms with E-state index in [4.69, 9.17) is 124 Å². The smallest absolute Gasteiger partial charge is 0.870 e. The maximum absolute atomic E-state index is 9.38. The Kier molecular flexibility index (Phi) is 21.0. The molecular weight excluding hydrogens is 826 g/mol. The minimum absolute atomic E-state index is 0. The van der Waals surface area contributed by atoms with Crippen LogP contribution in [0.4, 0.5) is 17.3 Å². The Morgan fingerprint density at radius 3 is 1.37 bits per heavy atom. The Bertz CT molecular complexity index is 1980. The van der Waals surface area contributed by atoms with Crippen LogP contribution in [0.3, 0.4) is 0 Å². The van der Waals surface area contributed by atoms with Crippen LogP contribution in [0.5, 0.6) is 23.5 Å². The van der Waals surface area contributed by atoms with Crippen molar-refractivity contribution >= 4 is 98.5 Å². The molecule has 0 fully saturated rings. The van der Waals surface area contributed by atoms with Crippen LogP contribution in [0.25, 0.3) is 9.69 Å². The van der Waals surface area contributed by atoms with E-state index in [0.29, 0.717) is 34.9 Å². The Hall–Kier alpha value is -3.45. The molecule has 0 spiro atoms. The predicted octanol–water partition coefficient (Wildman–Crippen LogP) is 6.09. The molecule has 14 nitrogen and oxygen atoms in total. The summed E-state index contributed by atoms with van der Waals surface area (Å²) >= 11 is 41.3. The Morgan fingerprint density at radius 2 is 1.00 bits per heavy atom. The second kappa shape index (κ2) is 22.5. The second-order valence-electron chi connectivity index (χ2n) is 8.43. The molecule has 3 N–H and O–H groups in total. The van der Waals surface area contributed by atoms with Crippen molar-refractivity contribution in [1.82, 2.24) is 19.9 Å². The normalized spacial score (nSPS) is 9.24. The molecule has 4 aromatic rings. The summed E-state index contributed by atoms with van der Waals surface area (Å²) < 4.78 is 19.8. The first-order valence-corrected chi connectivity index (χ1v) is 15.2. The summed E-state index contributed by atoms with van der Waals surface area (Å²) in [5, 5.41) is 17.9. The van der Waals surface area contributed by atoms with Gasteiger partial charge in [0.1, 0.15) is 11.9 Å². The van der Waals surface area contributed by atoms with Crippen molar-refractivity contribution in [3.63, 3.8) is 0 Å². The third-order valence-corrected chi connectivity index (χ3v) is 8.61. The molecule has 0 atom stereocenters. The third-order valence-electron chi connectivity index (χ3n) is 5.68. The van der Waals surface area contributed by atoms with Crippen molar-refractivity contribution in [2.75, 3.05) is 34.2 Å². The standard InChI is InChI=1S/C15H9Cl3N4O2.C8Cl4N2.C6H9N3O2.Na.H2O/c1-20-15-13(17)8(6-19)7(12(16)14(15)18)4-9-21-10(23-2)5-11(22-9)24-3;1-14-8-5(10)3(2-13)4(9)6(11)7(8)12;1-10-4-3-5(11-2)9-6(7)8-4;;/h5H,4H2,2-3H3;;3H,1-2H3,(H2,7,8,9);;1H2/q;;;+1;/p-1. The molecule has 0 amide bonds. The summed E-state index contributed by atoms with van der Waals surface area (Å²) in [5.41, 5.74) is 5.56. The molecule has 2 heterocycles. The molecule has 0 aliphatic carbocycles. The van der Waals surface area contributed by atoms with Gasteiger partial charge in [-0.1, -0.05) is 81.2 Å². The summed E-state index contributed by atoms with van der Waals surface area (Å²) in [4.78, 5) is 22.2. The number of halogens is 7. The minimum Gasteiger partial charge on any atom is -0.870 e. The summed E-state index contributed by atoms with van der Waals surface area (Å²) in [7, 11) is 5.91. The molecule has 2 aromatic heterocycles. The zero-order chi connectivity index (χ0) is 37.0. The van der Waals surface area contributed by atoms with Crippen LogP contribution in [-0.4, -0.2) is 53.9 Å². The molecule has 0 bridgehead atoms.